The zero-order valence-corrected chi connectivity index (χ0v) is 16.6. The van der Waals surface area contributed by atoms with Gasteiger partial charge in [-0.25, -0.2) is 13.6 Å². The van der Waals surface area contributed by atoms with Crippen LogP contribution < -0.4 is 5.14 Å². The molecule has 3 aromatic rings. The van der Waals surface area contributed by atoms with Crippen LogP contribution in [0.25, 0.3) is 5.69 Å². The number of nitrogens with zero attached hydrogens (tertiary/aromatic N) is 1. The quantitative estimate of drug-likeness (QED) is 0.609. The van der Waals surface area contributed by atoms with Crippen molar-refractivity contribution >= 4 is 27.6 Å². The van der Waals surface area contributed by atoms with Crippen molar-refractivity contribution in [1.82, 2.24) is 4.57 Å². The number of furan rings is 1. The van der Waals surface area contributed by atoms with Crippen LogP contribution in [0.1, 0.15) is 27.5 Å². The Hall–Kier alpha value is -2.29. The number of hydrogen-bond acceptors (Lipinski definition) is 5. The van der Waals surface area contributed by atoms with E-state index in [1.165, 1.54) is 23.9 Å². The van der Waals surface area contributed by atoms with Crippen molar-refractivity contribution in [3.05, 3.63) is 71.4 Å². The maximum absolute atomic E-state index is 12.6. The number of aromatic nitrogens is 1. The number of Topliss-reactive ketones (excluding diaryl/α,β-unsaturated/α-hetero) is 1. The third-order valence-electron chi connectivity index (χ3n) is 4.21. The number of benzene rings is 1. The molecule has 8 heteroatoms. The zero-order valence-electron chi connectivity index (χ0n) is 15.0. The number of ketones is 1. The Kier molecular flexibility index (Phi) is 5.59. The highest BCUT2D eigenvalue weighted by Crippen LogP contribution is 2.24. The number of nitrogens with two attached hydrogens (primary N) is 1. The number of hydrogen-bond donors (Lipinski definition) is 1. The van der Waals surface area contributed by atoms with Gasteiger partial charge in [0, 0.05) is 22.6 Å². The molecule has 0 aliphatic heterocycles. The van der Waals surface area contributed by atoms with E-state index < -0.39 is 10.0 Å². The number of rotatable bonds is 7. The first-order chi connectivity index (χ1) is 12.8. The van der Waals surface area contributed by atoms with Gasteiger partial charge in [-0.1, -0.05) is 0 Å². The summed E-state index contributed by atoms with van der Waals surface area (Å²) in [6.07, 6.45) is 1.62. The molecular weight excluding hydrogens is 384 g/mol. The Bertz CT molecular complexity index is 1050. The third kappa shape index (κ3) is 4.35. The first-order valence-electron chi connectivity index (χ1n) is 8.23. The molecule has 2 aromatic heterocycles. The minimum atomic E-state index is -3.73. The van der Waals surface area contributed by atoms with Gasteiger partial charge >= 0.3 is 0 Å². The van der Waals surface area contributed by atoms with Crippen LogP contribution >= 0.6 is 11.8 Å². The average Bonchev–Trinajstić information content (AvgIpc) is 3.22. The number of carbonyl (C=O) groups excluding carboxylic acids is 1. The molecule has 0 unspecified atom stereocenters. The van der Waals surface area contributed by atoms with E-state index in [1.807, 2.05) is 36.6 Å². The standard InChI is InChI=1S/C19H20N2O4S2/c1-13-10-18(19(22)12-26-11-16-4-3-9-25-16)14(2)21(13)15-5-7-17(8-6-15)27(20,23)24/h3-10H,11-12H2,1-2H3,(H2,20,23,24). The van der Waals surface area contributed by atoms with Crippen molar-refractivity contribution in [2.24, 2.45) is 5.14 Å². The molecule has 1 aromatic carbocycles. The lowest BCUT2D eigenvalue weighted by molar-refractivity contribution is 0.102. The van der Waals surface area contributed by atoms with Crippen molar-refractivity contribution in [3.63, 3.8) is 0 Å². The Balaban J connectivity index is 1.78. The van der Waals surface area contributed by atoms with Crippen LogP contribution in [-0.2, 0) is 15.8 Å². The minimum Gasteiger partial charge on any atom is -0.468 e. The maximum atomic E-state index is 12.6. The fourth-order valence-corrected chi connectivity index (χ4v) is 4.27. The molecule has 0 amide bonds. The predicted octanol–water partition coefficient (Wildman–Crippen LogP) is 3.45. The van der Waals surface area contributed by atoms with E-state index in [0.29, 0.717) is 17.1 Å². The van der Waals surface area contributed by atoms with Gasteiger partial charge in [0.2, 0.25) is 10.0 Å². The number of aryl methyl sites for hydroxylation is 1. The molecule has 142 valence electrons. The summed E-state index contributed by atoms with van der Waals surface area (Å²) in [5.74, 6) is 1.89. The molecule has 6 nitrogen and oxygen atoms in total. The highest BCUT2D eigenvalue weighted by Gasteiger charge is 2.17. The van der Waals surface area contributed by atoms with Crippen LogP contribution in [0, 0.1) is 13.8 Å². The number of thioether (sulfide) groups is 1. The summed E-state index contributed by atoms with van der Waals surface area (Å²) in [4.78, 5) is 12.7. The van der Waals surface area contributed by atoms with Gasteiger partial charge in [0.1, 0.15) is 5.76 Å². The van der Waals surface area contributed by atoms with Crippen molar-refractivity contribution in [1.29, 1.82) is 0 Å². The minimum absolute atomic E-state index is 0.0482. The summed E-state index contributed by atoms with van der Waals surface area (Å²) in [7, 11) is -3.73. The predicted molar refractivity (Wildman–Crippen MR) is 106 cm³/mol. The second kappa shape index (κ2) is 7.75. The van der Waals surface area contributed by atoms with Gasteiger partial charge < -0.3 is 8.98 Å². The van der Waals surface area contributed by atoms with Gasteiger partial charge in [-0.15, -0.1) is 11.8 Å². The van der Waals surface area contributed by atoms with E-state index in [-0.39, 0.29) is 10.7 Å². The molecule has 2 N–H and O–H groups in total. The largest absolute Gasteiger partial charge is 0.468 e. The molecule has 0 spiro atoms. The molecule has 0 fully saturated rings. The Morgan fingerprint density at radius 2 is 1.89 bits per heavy atom. The van der Waals surface area contributed by atoms with Gasteiger partial charge in [-0.3, -0.25) is 4.79 Å². The Morgan fingerprint density at radius 1 is 1.19 bits per heavy atom. The summed E-state index contributed by atoms with van der Waals surface area (Å²) >= 11 is 1.51. The summed E-state index contributed by atoms with van der Waals surface area (Å²) in [6.45, 7) is 3.79. The van der Waals surface area contributed by atoms with Crippen LogP contribution in [0.15, 0.2) is 58.0 Å². The summed E-state index contributed by atoms with van der Waals surface area (Å²) in [5, 5.41) is 5.14. The lowest BCUT2D eigenvalue weighted by Crippen LogP contribution is -2.12. The van der Waals surface area contributed by atoms with Gasteiger partial charge in [0.25, 0.3) is 0 Å². The summed E-state index contributed by atoms with van der Waals surface area (Å²) in [5.41, 5.74) is 3.16. The van der Waals surface area contributed by atoms with E-state index in [4.69, 9.17) is 9.56 Å². The van der Waals surface area contributed by atoms with Crippen LogP contribution in [-0.4, -0.2) is 24.5 Å². The maximum Gasteiger partial charge on any atom is 0.238 e. The summed E-state index contributed by atoms with van der Waals surface area (Å²) in [6, 6.07) is 11.9. The van der Waals surface area contributed by atoms with Crippen molar-refractivity contribution in [2.75, 3.05) is 5.75 Å². The van der Waals surface area contributed by atoms with E-state index in [2.05, 4.69) is 0 Å². The second-order valence-corrected chi connectivity index (χ2v) is 8.70. The highest BCUT2D eigenvalue weighted by atomic mass is 32.2. The highest BCUT2D eigenvalue weighted by molar-refractivity contribution is 7.99. The van der Waals surface area contributed by atoms with Crippen molar-refractivity contribution in [3.8, 4) is 5.69 Å². The third-order valence-corrected chi connectivity index (χ3v) is 6.10. The van der Waals surface area contributed by atoms with Crippen molar-refractivity contribution in [2.45, 2.75) is 24.5 Å². The first kappa shape index (κ1) is 19.5. The molecule has 0 atom stereocenters. The number of sulfonamides is 1. The summed E-state index contributed by atoms with van der Waals surface area (Å²) < 4.78 is 30.0. The van der Waals surface area contributed by atoms with Gasteiger partial charge in [0.15, 0.2) is 5.78 Å². The molecule has 0 aliphatic carbocycles. The topological polar surface area (TPSA) is 95.3 Å². The van der Waals surface area contributed by atoms with Crippen molar-refractivity contribution < 1.29 is 17.6 Å². The molecule has 27 heavy (non-hydrogen) atoms. The molecule has 0 bridgehead atoms. The smallest absolute Gasteiger partial charge is 0.238 e. The van der Waals surface area contributed by atoms with E-state index >= 15 is 0 Å². The van der Waals surface area contributed by atoms with E-state index in [0.717, 1.165) is 22.8 Å². The second-order valence-electron chi connectivity index (χ2n) is 6.15. The molecular formula is C19H20N2O4S2. The normalized spacial score (nSPS) is 11.7. The molecule has 0 radical (unpaired) electrons. The van der Waals surface area contributed by atoms with Gasteiger partial charge in [-0.2, -0.15) is 0 Å². The van der Waals surface area contributed by atoms with Crippen LogP contribution in [0.2, 0.25) is 0 Å². The Labute approximate surface area is 162 Å². The van der Waals surface area contributed by atoms with Gasteiger partial charge in [0.05, 0.1) is 22.7 Å². The van der Waals surface area contributed by atoms with E-state index in [9.17, 15) is 13.2 Å². The Morgan fingerprint density at radius 3 is 2.48 bits per heavy atom. The monoisotopic (exact) mass is 404 g/mol. The van der Waals surface area contributed by atoms with Crippen LogP contribution in [0.3, 0.4) is 0 Å². The fraction of sp³-hybridized carbons (Fsp3) is 0.211. The molecule has 0 saturated heterocycles. The first-order valence-corrected chi connectivity index (χ1v) is 10.9. The number of carbonyl (C=O) groups is 1. The molecule has 3 rings (SSSR count). The molecule has 0 saturated carbocycles. The van der Waals surface area contributed by atoms with Gasteiger partial charge in [-0.05, 0) is 56.3 Å². The fourth-order valence-electron chi connectivity index (χ4n) is 2.94. The SMILES string of the molecule is Cc1cc(C(=O)CSCc2ccco2)c(C)n1-c1ccc(S(N)(=O)=O)cc1. The molecule has 0 aliphatic rings. The zero-order chi connectivity index (χ0) is 19.6. The number of primary sulfonamides is 1. The van der Waals surface area contributed by atoms with Crippen LogP contribution in [0.5, 0.6) is 0 Å². The lowest BCUT2D eigenvalue weighted by Gasteiger charge is -2.10. The lowest BCUT2D eigenvalue weighted by atomic mass is 10.2. The average molecular weight is 405 g/mol. The molecule has 2 heterocycles. The van der Waals surface area contributed by atoms with E-state index in [1.54, 1.807) is 18.4 Å². The van der Waals surface area contributed by atoms with Crippen LogP contribution in [0.4, 0.5) is 0 Å².